The molecule has 0 aromatic heterocycles. The molecule has 0 saturated heterocycles. The van der Waals surface area contributed by atoms with Gasteiger partial charge in [0.25, 0.3) is 10.0 Å². The maximum Gasteiger partial charge on any atom is 0.265 e. The standard InChI is InChI=1S/C16H15ClN2O3S/c1-10-8-15(11(2)7-12(10)17)23(21,22)19-9-16(20)18-13-5-3-4-6-14(13)19/h3-8H,9H2,1-2H3,(H,18,20). The zero-order chi connectivity index (χ0) is 16.8. The fourth-order valence-corrected chi connectivity index (χ4v) is 4.52. The van der Waals surface area contributed by atoms with E-state index in [4.69, 9.17) is 11.6 Å². The van der Waals surface area contributed by atoms with Crippen LogP contribution in [-0.2, 0) is 14.8 Å². The SMILES string of the molecule is Cc1cc(S(=O)(=O)N2CC(=O)Nc3ccccc32)c(C)cc1Cl. The van der Waals surface area contributed by atoms with E-state index in [9.17, 15) is 13.2 Å². The van der Waals surface area contributed by atoms with Gasteiger partial charge in [-0.05, 0) is 49.2 Å². The molecule has 7 heteroatoms. The average Bonchev–Trinajstić information content (AvgIpc) is 2.49. The Morgan fingerprint density at radius 2 is 1.83 bits per heavy atom. The third-order valence-corrected chi connectivity index (χ3v) is 6.07. The highest BCUT2D eigenvalue weighted by molar-refractivity contribution is 7.93. The molecule has 1 aliphatic heterocycles. The van der Waals surface area contributed by atoms with Crippen LogP contribution in [0.5, 0.6) is 0 Å². The van der Waals surface area contributed by atoms with Crippen LogP contribution in [0.2, 0.25) is 5.02 Å². The lowest BCUT2D eigenvalue weighted by molar-refractivity contribution is -0.115. The third kappa shape index (κ3) is 2.68. The van der Waals surface area contributed by atoms with Gasteiger partial charge in [0.1, 0.15) is 6.54 Å². The van der Waals surface area contributed by atoms with Crippen molar-refractivity contribution in [3.8, 4) is 0 Å². The van der Waals surface area contributed by atoms with Crippen LogP contribution in [0.1, 0.15) is 11.1 Å². The topological polar surface area (TPSA) is 66.5 Å². The van der Waals surface area contributed by atoms with Crippen LogP contribution in [0.15, 0.2) is 41.3 Å². The van der Waals surface area contributed by atoms with Gasteiger partial charge in [0.2, 0.25) is 5.91 Å². The number of benzene rings is 2. The summed E-state index contributed by atoms with van der Waals surface area (Å²) in [6.45, 7) is 3.19. The van der Waals surface area contributed by atoms with Crippen molar-refractivity contribution in [1.82, 2.24) is 0 Å². The molecule has 0 saturated carbocycles. The first-order chi connectivity index (χ1) is 10.8. The summed E-state index contributed by atoms with van der Waals surface area (Å²) in [5.74, 6) is -0.365. The Balaban J connectivity index is 2.18. The van der Waals surface area contributed by atoms with Gasteiger partial charge in [0, 0.05) is 5.02 Å². The molecule has 0 radical (unpaired) electrons. The van der Waals surface area contributed by atoms with Crippen LogP contribution in [0.4, 0.5) is 11.4 Å². The normalized spacial score (nSPS) is 14.4. The molecule has 5 nitrogen and oxygen atoms in total. The van der Waals surface area contributed by atoms with E-state index in [1.54, 1.807) is 50.2 Å². The number of aryl methyl sites for hydroxylation is 2. The van der Waals surface area contributed by atoms with Crippen molar-refractivity contribution in [2.75, 3.05) is 16.2 Å². The highest BCUT2D eigenvalue weighted by atomic mass is 35.5. The number of fused-ring (bicyclic) bond motifs is 1. The molecule has 0 bridgehead atoms. The molecule has 1 amide bonds. The van der Waals surface area contributed by atoms with Gasteiger partial charge >= 0.3 is 0 Å². The molecule has 1 N–H and O–H groups in total. The first kappa shape index (κ1) is 15.8. The molecule has 0 fully saturated rings. The van der Waals surface area contributed by atoms with Crippen molar-refractivity contribution in [2.45, 2.75) is 18.7 Å². The van der Waals surface area contributed by atoms with Gasteiger partial charge in [-0.25, -0.2) is 8.42 Å². The number of hydrogen-bond acceptors (Lipinski definition) is 3. The first-order valence-corrected chi connectivity index (χ1v) is 8.81. The van der Waals surface area contributed by atoms with Crippen molar-refractivity contribution >= 4 is 38.9 Å². The average molecular weight is 351 g/mol. The quantitative estimate of drug-likeness (QED) is 0.905. The highest BCUT2D eigenvalue weighted by Crippen LogP contribution is 2.35. The second-order valence-electron chi connectivity index (χ2n) is 5.44. The van der Waals surface area contributed by atoms with Gasteiger partial charge in [-0.3, -0.25) is 9.10 Å². The minimum Gasteiger partial charge on any atom is -0.323 e. The van der Waals surface area contributed by atoms with Crippen molar-refractivity contribution in [3.63, 3.8) is 0 Å². The minimum atomic E-state index is -3.86. The van der Waals surface area contributed by atoms with Crippen LogP contribution >= 0.6 is 11.6 Å². The largest absolute Gasteiger partial charge is 0.323 e. The number of carbonyl (C=O) groups excluding carboxylic acids is 1. The van der Waals surface area contributed by atoms with E-state index in [-0.39, 0.29) is 17.3 Å². The first-order valence-electron chi connectivity index (χ1n) is 6.99. The summed E-state index contributed by atoms with van der Waals surface area (Å²) in [4.78, 5) is 12.0. The lowest BCUT2D eigenvalue weighted by Crippen LogP contribution is -2.42. The highest BCUT2D eigenvalue weighted by Gasteiger charge is 2.33. The predicted molar refractivity (Wildman–Crippen MR) is 90.5 cm³/mol. The summed E-state index contributed by atoms with van der Waals surface area (Å²) in [6, 6.07) is 9.99. The van der Waals surface area contributed by atoms with E-state index in [1.165, 1.54) is 0 Å². The summed E-state index contributed by atoms with van der Waals surface area (Å²) < 4.78 is 27.3. The summed E-state index contributed by atoms with van der Waals surface area (Å²) in [7, 11) is -3.86. The Hall–Kier alpha value is -2.05. The Labute approximate surface area is 139 Å². The molecule has 3 rings (SSSR count). The van der Waals surface area contributed by atoms with Gasteiger partial charge in [0.15, 0.2) is 0 Å². The molecule has 1 heterocycles. The van der Waals surface area contributed by atoms with Gasteiger partial charge in [0.05, 0.1) is 16.3 Å². The summed E-state index contributed by atoms with van der Waals surface area (Å²) >= 11 is 6.05. The molecule has 2 aromatic carbocycles. The van der Waals surface area contributed by atoms with Crippen LogP contribution in [0, 0.1) is 13.8 Å². The number of hydrogen-bond donors (Lipinski definition) is 1. The zero-order valence-corrected chi connectivity index (χ0v) is 14.2. The van der Waals surface area contributed by atoms with Gasteiger partial charge < -0.3 is 5.32 Å². The maximum atomic E-state index is 13.1. The van der Waals surface area contributed by atoms with E-state index in [1.807, 2.05) is 0 Å². The number of para-hydroxylation sites is 2. The van der Waals surface area contributed by atoms with Crippen LogP contribution in [-0.4, -0.2) is 20.9 Å². The van der Waals surface area contributed by atoms with Gasteiger partial charge in [-0.15, -0.1) is 0 Å². The lowest BCUT2D eigenvalue weighted by Gasteiger charge is -2.30. The molecule has 120 valence electrons. The lowest BCUT2D eigenvalue weighted by atomic mass is 10.2. The second kappa shape index (κ2) is 5.54. The number of carbonyl (C=O) groups is 1. The number of anilines is 2. The Bertz CT molecular complexity index is 910. The van der Waals surface area contributed by atoms with Crippen LogP contribution in [0.25, 0.3) is 0 Å². The van der Waals surface area contributed by atoms with Crippen molar-refractivity contribution in [1.29, 1.82) is 0 Å². The summed E-state index contributed by atoms with van der Waals surface area (Å²) in [5.41, 5.74) is 2.16. The fourth-order valence-electron chi connectivity index (χ4n) is 2.57. The molecule has 2 aromatic rings. The van der Waals surface area contributed by atoms with Gasteiger partial charge in [-0.2, -0.15) is 0 Å². The third-order valence-electron chi connectivity index (χ3n) is 3.76. The fraction of sp³-hybridized carbons (Fsp3) is 0.188. The smallest absolute Gasteiger partial charge is 0.265 e. The number of halogens is 1. The van der Waals surface area contributed by atoms with Crippen molar-refractivity contribution < 1.29 is 13.2 Å². The number of rotatable bonds is 2. The van der Waals surface area contributed by atoms with E-state index in [2.05, 4.69) is 5.32 Å². The molecule has 0 spiro atoms. The van der Waals surface area contributed by atoms with Crippen molar-refractivity contribution in [3.05, 3.63) is 52.5 Å². The van der Waals surface area contributed by atoms with E-state index >= 15 is 0 Å². The number of sulfonamides is 1. The van der Waals surface area contributed by atoms with Crippen LogP contribution < -0.4 is 9.62 Å². The minimum absolute atomic E-state index is 0.156. The number of nitrogens with zero attached hydrogens (tertiary/aromatic N) is 1. The molecular formula is C16H15ClN2O3S. The van der Waals surface area contributed by atoms with E-state index < -0.39 is 10.0 Å². The van der Waals surface area contributed by atoms with E-state index in [0.717, 1.165) is 4.31 Å². The number of nitrogens with one attached hydrogen (secondary N) is 1. The Morgan fingerprint density at radius 1 is 1.13 bits per heavy atom. The Kier molecular flexibility index (Phi) is 3.82. The summed E-state index contributed by atoms with van der Waals surface area (Å²) in [5, 5.41) is 3.19. The predicted octanol–water partition coefficient (Wildman–Crippen LogP) is 3.10. The van der Waals surface area contributed by atoms with Crippen molar-refractivity contribution in [2.24, 2.45) is 0 Å². The summed E-state index contributed by atoms with van der Waals surface area (Å²) in [6.07, 6.45) is 0. The molecule has 0 atom stereocenters. The molecule has 0 aliphatic carbocycles. The molecular weight excluding hydrogens is 336 g/mol. The van der Waals surface area contributed by atoms with Crippen LogP contribution in [0.3, 0.4) is 0 Å². The molecule has 1 aliphatic rings. The second-order valence-corrected chi connectivity index (χ2v) is 7.68. The van der Waals surface area contributed by atoms with Gasteiger partial charge in [-0.1, -0.05) is 23.7 Å². The number of amides is 1. The maximum absolute atomic E-state index is 13.1. The molecule has 0 unspecified atom stereocenters. The zero-order valence-electron chi connectivity index (χ0n) is 12.6. The Morgan fingerprint density at radius 3 is 2.57 bits per heavy atom. The molecule has 23 heavy (non-hydrogen) atoms. The monoisotopic (exact) mass is 350 g/mol. The van der Waals surface area contributed by atoms with E-state index in [0.29, 0.717) is 27.5 Å².